The first-order valence-electron chi connectivity index (χ1n) is 7.80. The van der Waals surface area contributed by atoms with Crippen LogP contribution in [0, 0.1) is 5.92 Å². The fraction of sp³-hybridized carbons (Fsp3) is 0.625. The quantitative estimate of drug-likeness (QED) is 0.669. The van der Waals surface area contributed by atoms with E-state index in [1.807, 2.05) is 0 Å². The van der Waals surface area contributed by atoms with E-state index in [1.165, 1.54) is 12.0 Å². The van der Waals surface area contributed by atoms with Crippen LogP contribution in [0.25, 0.3) is 0 Å². The minimum absolute atomic E-state index is 0.267. The van der Waals surface area contributed by atoms with Crippen LogP contribution in [0.4, 0.5) is 5.00 Å². The van der Waals surface area contributed by atoms with E-state index in [0.29, 0.717) is 16.6 Å². The Balaban J connectivity index is 2.34. The summed E-state index contributed by atoms with van der Waals surface area (Å²) in [4.78, 5) is 15.6. The van der Waals surface area contributed by atoms with Crippen molar-refractivity contribution >= 4 is 39.6 Å². The van der Waals surface area contributed by atoms with Crippen molar-refractivity contribution in [3.63, 3.8) is 0 Å². The normalized spacial score (nSPS) is 16.8. The Labute approximate surface area is 141 Å². The molecule has 0 aromatic carbocycles. The first-order chi connectivity index (χ1) is 10.5. The zero-order valence-electron chi connectivity index (χ0n) is 13.7. The largest absolute Gasteiger partial charge is 0.465 e. The standard InChI is InChI=1S/C16H24N2O2S2/c1-5-18(6-2)16(21)17-14-13(15(19)20-4)11-8-7-10(3)9-12(11)22-14/h10H,5-9H2,1-4H3,(H,17,21). The van der Waals surface area contributed by atoms with E-state index in [-0.39, 0.29) is 5.97 Å². The van der Waals surface area contributed by atoms with E-state index in [2.05, 4.69) is 31.0 Å². The summed E-state index contributed by atoms with van der Waals surface area (Å²) in [5, 5.41) is 4.78. The van der Waals surface area contributed by atoms with Gasteiger partial charge in [0.15, 0.2) is 5.11 Å². The average molecular weight is 341 g/mol. The van der Waals surface area contributed by atoms with Crippen molar-refractivity contribution < 1.29 is 9.53 Å². The molecule has 6 heteroatoms. The van der Waals surface area contributed by atoms with E-state index in [0.717, 1.165) is 42.9 Å². The van der Waals surface area contributed by atoms with Crippen LogP contribution < -0.4 is 5.32 Å². The Morgan fingerprint density at radius 1 is 1.45 bits per heavy atom. The van der Waals surface area contributed by atoms with Gasteiger partial charge in [-0.3, -0.25) is 0 Å². The molecule has 0 saturated carbocycles. The van der Waals surface area contributed by atoms with E-state index >= 15 is 0 Å². The molecule has 1 aliphatic rings. The Kier molecular flexibility index (Phi) is 5.81. The molecule has 1 atom stereocenters. The van der Waals surface area contributed by atoms with Crippen LogP contribution in [0.1, 0.15) is 48.0 Å². The Bertz CT molecular complexity index is 565. The van der Waals surface area contributed by atoms with Crippen molar-refractivity contribution in [2.24, 2.45) is 5.92 Å². The van der Waals surface area contributed by atoms with Crippen LogP contribution in [-0.4, -0.2) is 36.2 Å². The number of carbonyl (C=O) groups excluding carboxylic acids is 1. The van der Waals surface area contributed by atoms with Crippen LogP contribution in [0.3, 0.4) is 0 Å². The van der Waals surface area contributed by atoms with Crippen molar-refractivity contribution in [1.29, 1.82) is 0 Å². The molecule has 122 valence electrons. The van der Waals surface area contributed by atoms with Crippen LogP contribution in [0.5, 0.6) is 0 Å². The van der Waals surface area contributed by atoms with Gasteiger partial charge in [-0.15, -0.1) is 11.3 Å². The van der Waals surface area contributed by atoms with E-state index in [9.17, 15) is 4.79 Å². The van der Waals surface area contributed by atoms with Gasteiger partial charge in [0, 0.05) is 18.0 Å². The van der Waals surface area contributed by atoms with Crippen molar-refractivity contribution in [3.05, 3.63) is 16.0 Å². The maximum absolute atomic E-state index is 12.2. The highest BCUT2D eigenvalue weighted by Gasteiger charge is 2.28. The number of thiophene rings is 1. The molecule has 0 spiro atoms. The molecule has 2 rings (SSSR count). The maximum Gasteiger partial charge on any atom is 0.341 e. The number of nitrogens with zero attached hydrogens (tertiary/aromatic N) is 1. The first kappa shape index (κ1) is 17.2. The second-order valence-electron chi connectivity index (χ2n) is 5.65. The molecule has 1 unspecified atom stereocenters. The van der Waals surface area contributed by atoms with Gasteiger partial charge in [0.2, 0.25) is 0 Å². The van der Waals surface area contributed by atoms with Crippen molar-refractivity contribution in [2.75, 3.05) is 25.5 Å². The Hall–Kier alpha value is -1.14. The number of thiocarbonyl (C=S) groups is 1. The van der Waals surface area contributed by atoms with Gasteiger partial charge in [-0.05, 0) is 56.8 Å². The fourth-order valence-corrected chi connectivity index (χ4v) is 4.67. The molecule has 1 heterocycles. The lowest BCUT2D eigenvalue weighted by atomic mass is 9.88. The van der Waals surface area contributed by atoms with Crippen molar-refractivity contribution in [2.45, 2.75) is 40.0 Å². The van der Waals surface area contributed by atoms with Gasteiger partial charge in [-0.1, -0.05) is 6.92 Å². The minimum atomic E-state index is -0.267. The smallest absolute Gasteiger partial charge is 0.341 e. The molecule has 22 heavy (non-hydrogen) atoms. The number of carbonyl (C=O) groups is 1. The van der Waals surface area contributed by atoms with Gasteiger partial charge in [0.05, 0.1) is 12.7 Å². The predicted octanol–water partition coefficient (Wildman–Crippen LogP) is 3.70. The highest BCUT2D eigenvalue weighted by molar-refractivity contribution is 7.80. The number of methoxy groups -OCH3 is 1. The fourth-order valence-electron chi connectivity index (χ4n) is 2.84. The van der Waals surface area contributed by atoms with Crippen LogP contribution in [0.15, 0.2) is 0 Å². The SMILES string of the molecule is CCN(CC)C(=S)Nc1sc2c(c1C(=O)OC)CCC(C)C2. The predicted molar refractivity (Wildman–Crippen MR) is 96.0 cm³/mol. The zero-order valence-corrected chi connectivity index (χ0v) is 15.3. The topological polar surface area (TPSA) is 41.6 Å². The molecular formula is C16H24N2O2S2. The molecule has 0 bridgehead atoms. The Morgan fingerprint density at radius 3 is 2.73 bits per heavy atom. The molecule has 1 aromatic heterocycles. The first-order valence-corrected chi connectivity index (χ1v) is 9.02. The summed E-state index contributed by atoms with van der Waals surface area (Å²) in [6.07, 6.45) is 3.09. The summed E-state index contributed by atoms with van der Waals surface area (Å²) in [5.74, 6) is 0.399. The third-order valence-corrected chi connectivity index (χ3v) is 5.70. The molecule has 1 N–H and O–H groups in total. The molecular weight excluding hydrogens is 316 g/mol. The van der Waals surface area contributed by atoms with Gasteiger partial charge in [-0.25, -0.2) is 4.79 Å². The van der Waals surface area contributed by atoms with Crippen LogP contribution in [0.2, 0.25) is 0 Å². The van der Waals surface area contributed by atoms with Gasteiger partial charge < -0.3 is 15.0 Å². The van der Waals surface area contributed by atoms with Crippen LogP contribution >= 0.6 is 23.6 Å². The molecule has 0 aliphatic heterocycles. The summed E-state index contributed by atoms with van der Waals surface area (Å²) in [6.45, 7) is 8.09. The maximum atomic E-state index is 12.2. The summed E-state index contributed by atoms with van der Waals surface area (Å²) in [6, 6.07) is 0. The van der Waals surface area contributed by atoms with Crippen molar-refractivity contribution in [3.8, 4) is 0 Å². The number of esters is 1. The molecule has 0 amide bonds. The number of hydrogen-bond acceptors (Lipinski definition) is 4. The Morgan fingerprint density at radius 2 is 2.14 bits per heavy atom. The van der Waals surface area contributed by atoms with E-state index < -0.39 is 0 Å². The summed E-state index contributed by atoms with van der Waals surface area (Å²) in [7, 11) is 1.43. The lowest BCUT2D eigenvalue weighted by Gasteiger charge is -2.22. The number of hydrogen-bond donors (Lipinski definition) is 1. The highest BCUT2D eigenvalue weighted by Crippen LogP contribution is 2.40. The van der Waals surface area contributed by atoms with Gasteiger partial charge in [0.25, 0.3) is 0 Å². The third-order valence-electron chi connectivity index (χ3n) is 4.17. The number of fused-ring (bicyclic) bond motifs is 1. The van der Waals surface area contributed by atoms with Gasteiger partial charge in [-0.2, -0.15) is 0 Å². The minimum Gasteiger partial charge on any atom is -0.465 e. The lowest BCUT2D eigenvalue weighted by Crippen LogP contribution is -2.34. The zero-order chi connectivity index (χ0) is 16.3. The van der Waals surface area contributed by atoms with Crippen LogP contribution in [-0.2, 0) is 17.6 Å². The monoisotopic (exact) mass is 340 g/mol. The molecule has 0 fully saturated rings. The number of ether oxygens (including phenoxy) is 1. The van der Waals surface area contributed by atoms with E-state index in [4.69, 9.17) is 17.0 Å². The second-order valence-corrected chi connectivity index (χ2v) is 7.14. The summed E-state index contributed by atoms with van der Waals surface area (Å²) in [5.41, 5.74) is 1.84. The van der Waals surface area contributed by atoms with Gasteiger partial charge in [0.1, 0.15) is 5.00 Å². The molecule has 0 saturated heterocycles. The van der Waals surface area contributed by atoms with Gasteiger partial charge >= 0.3 is 5.97 Å². The summed E-state index contributed by atoms with van der Waals surface area (Å²) < 4.78 is 4.99. The molecule has 1 aliphatic carbocycles. The number of anilines is 1. The number of rotatable bonds is 4. The highest BCUT2D eigenvalue weighted by atomic mass is 32.1. The molecule has 0 radical (unpaired) electrons. The van der Waals surface area contributed by atoms with Crippen molar-refractivity contribution in [1.82, 2.24) is 4.90 Å². The average Bonchev–Trinajstić information content (AvgIpc) is 2.84. The number of nitrogens with one attached hydrogen (secondary N) is 1. The molecule has 4 nitrogen and oxygen atoms in total. The molecule has 1 aromatic rings. The lowest BCUT2D eigenvalue weighted by molar-refractivity contribution is 0.0601. The van der Waals surface area contributed by atoms with E-state index in [1.54, 1.807) is 11.3 Å². The summed E-state index contributed by atoms with van der Waals surface area (Å²) >= 11 is 7.12. The third kappa shape index (κ3) is 3.43. The second kappa shape index (κ2) is 7.42.